The Labute approximate surface area is 157 Å². The van der Waals surface area contributed by atoms with Gasteiger partial charge in [0.2, 0.25) is 0 Å². The van der Waals surface area contributed by atoms with Gasteiger partial charge in [0.25, 0.3) is 10.0 Å². The molecule has 0 aliphatic heterocycles. The van der Waals surface area contributed by atoms with Crippen molar-refractivity contribution in [2.75, 3.05) is 4.83 Å². The van der Waals surface area contributed by atoms with E-state index in [9.17, 15) is 8.42 Å². The third-order valence-corrected chi connectivity index (χ3v) is 5.41. The maximum absolute atomic E-state index is 12.8. The predicted molar refractivity (Wildman–Crippen MR) is 106 cm³/mol. The molecule has 0 spiro atoms. The molecule has 134 valence electrons. The van der Waals surface area contributed by atoms with Crippen LogP contribution in [0.3, 0.4) is 0 Å². The normalized spacial score (nSPS) is 11.3. The summed E-state index contributed by atoms with van der Waals surface area (Å²) in [4.78, 5) is 4.07. The molecule has 0 fully saturated rings. The molecule has 4 aromatic rings. The van der Waals surface area contributed by atoms with Crippen LogP contribution in [0.4, 0.5) is 0 Å². The molecule has 0 aliphatic rings. The van der Waals surface area contributed by atoms with E-state index in [1.165, 1.54) is 4.79 Å². The van der Waals surface area contributed by atoms with Gasteiger partial charge in [0.05, 0.1) is 16.3 Å². The molecule has 4 rings (SSSR count). The first-order chi connectivity index (χ1) is 13.1. The number of nitrogens with zero attached hydrogens (tertiary/aromatic N) is 2. The number of nitrogens with one attached hydrogen (secondary N) is 1. The van der Waals surface area contributed by atoms with E-state index in [2.05, 4.69) is 9.93 Å². The fourth-order valence-electron chi connectivity index (χ4n) is 2.78. The molecule has 0 unspecified atom stereocenters. The molecule has 0 aliphatic carbocycles. The molecule has 3 aromatic carbocycles. The first-order valence-corrected chi connectivity index (χ1v) is 9.90. The Bertz CT molecular complexity index is 1140. The van der Waals surface area contributed by atoms with E-state index in [0.29, 0.717) is 11.4 Å². The van der Waals surface area contributed by atoms with Crippen LogP contribution in [0.1, 0.15) is 0 Å². The lowest BCUT2D eigenvalue weighted by Gasteiger charge is -2.11. The van der Waals surface area contributed by atoms with E-state index in [0.717, 1.165) is 11.1 Å². The van der Waals surface area contributed by atoms with Gasteiger partial charge in [-0.2, -0.15) is 23.1 Å². The highest BCUT2D eigenvalue weighted by Crippen LogP contribution is 2.26. The molecule has 1 heterocycles. The molecule has 0 saturated heterocycles. The van der Waals surface area contributed by atoms with Gasteiger partial charge in [-0.05, 0) is 18.2 Å². The van der Waals surface area contributed by atoms with Crippen LogP contribution in [-0.2, 0) is 10.0 Å². The standard InChI is InChI=1S/C21H17N3O2S/c25-27(26,19-14-8-3-9-15-19)23-24-21(18-12-6-2-7-13-18)16-20(22-24)17-10-4-1-5-11-17/h1-16,23H. The maximum Gasteiger partial charge on any atom is 0.276 e. The maximum atomic E-state index is 12.8. The van der Waals surface area contributed by atoms with Crippen molar-refractivity contribution in [2.24, 2.45) is 0 Å². The lowest BCUT2D eigenvalue weighted by molar-refractivity contribution is 0.592. The predicted octanol–water partition coefficient (Wildman–Crippen LogP) is 4.15. The minimum absolute atomic E-state index is 0.181. The molecule has 27 heavy (non-hydrogen) atoms. The van der Waals surface area contributed by atoms with E-state index in [-0.39, 0.29) is 4.90 Å². The Balaban J connectivity index is 1.80. The third kappa shape index (κ3) is 3.61. The molecule has 6 heteroatoms. The summed E-state index contributed by atoms with van der Waals surface area (Å²) in [6.45, 7) is 0. The summed E-state index contributed by atoms with van der Waals surface area (Å²) >= 11 is 0. The molecule has 0 saturated carbocycles. The molecular weight excluding hydrogens is 358 g/mol. The first-order valence-electron chi connectivity index (χ1n) is 8.42. The summed E-state index contributed by atoms with van der Waals surface area (Å²) in [6, 6.07) is 29.3. The van der Waals surface area contributed by atoms with E-state index in [1.807, 2.05) is 66.7 Å². The van der Waals surface area contributed by atoms with Gasteiger partial charge in [0.1, 0.15) is 0 Å². The second kappa shape index (κ2) is 7.09. The average Bonchev–Trinajstić information content (AvgIpc) is 3.13. The van der Waals surface area contributed by atoms with Crippen molar-refractivity contribution < 1.29 is 8.42 Å². The van der Waals surface area contributed by atoms with Gasteiger partial charge in [-0.15, -0.1) is 0 Å². The van der Waals surface area contributed by atoms with Crippen LogP contribution in [0, 0.1) is 0 Å². The van der Waals surface area contributed by atoms with Crippen molar-refractivity contribution in [3.8, 4) is 22.5 Å². The number of hydrogen-bond acceptors (Lipinski definition) is 3. The lowest BCUT2D eigenvalue weighted by atomic mass is 10.1. The highest BCUT2D eigenvalue weighted by Gasteiger charge is 2.18. The number of aromatic nitrogens is 2. The second-order valence-corrected chi connectivity index (χ2v) is 7.63. The van der Waals surface area contributed by atoms with Crippen LogP contribution in [0.5, 0.6) is 0 Å². The van der Waals surface area contributed by atoms with Gasteiger partial charge < -0.3 is 0 Å². The van der Waals surface area contributed by atoms with E-state index in [1.54, 1.807) is 30.3 Å². The summed E-state index contributed by atoms with van der Waals surface area (Å²) in [5.74, 6) is 0. The monoisotopic (exact) mass is 375 g/mol. The first kappa shape index (κ1) is 17.1. The second-order valence-electron chi connectivity index (χ2n) is 5.97. The van der Waals surface area contributed by atoms with E-state index in [4.69, 9.17) is 0 Å². The van der Waals surface area contributed by atoms with E-state index < -0.39 is 10.0 Å². The zero-order valence-electron chi connectivity index (χ0n) is 14.4. The molecule has 0 amide bonds. The van der Waals surface area contributed by atoms with Crippen molar-refractivity contribution in [2.45, 2.75) is 4.90 Å². The Morgan fingerprint density at radius 1 is 0.704 bits per heavy atom. The lowest BCUT2D eigenvalue weighted by Crippen LogP contribution is -2.25. The van der Waals surface area contributed by atoms with Crippen LogP contribution < -0.4 is 4.83 Å². The summed E-state index contributed by atoms with van der Waals surface area (Å²) in [5, 5.41) is 4.49. The minimum atomic E-state index is -3.76. The summed E-state index contributed by atoms with van der Waals surface area (Å²) in [7, 11) is -3.76. The summed E-state index contributed by atoms with van der Waals surface area (Å²) in [5.41, 5.74) is 3.12. The summed E-state index contributed by atoms with van der Waals surface area (Å²) in [6.07, 6.45) is 0. The zero-order chi connectivity index (χ0) is 18.7. The zero-order valence-corrected chi connectivity index (χ0v) is 15.2. The molecule has 0 bridgehead atoms. The fourth-order valence-corrected chi connectivity index (χ4v) is 3.77. The Morgan fingerprint density at radius 2 is 1.22 bits per heavy atom. The SMILES string of the molecule is O=S(=O)(Nn1nc(-c2ccccc2)cc1-c1ccccc1)c1ccccc1. The highest BCUT2D eigenvalue weighted by molar-refractivity contribution is 7.92. The van der Waals surface area contributed by atoms with Gasteiger partial charge in [0, 0.05) is 11.1 Å². The largest absolute Gasteiger partial charge is 0.276 e. The average molecular weight is 375 g/mol. The van der Waals surface area contributed by atoms with Gasteiger partial charge in [0.15, 0.2) is 0 Å². The van der Waals surface area contributed by atoms with Crippen LogP contribution in [-0.4, -0.2) is 18.3 Å². The number of sulfonamides is 1. The van der Waals surface area contributed by atoms with Gasteiger partial charge in [-0.1, -0.05) is 78.9 Å². The van der Waals surface area contributed by atoms with E-state index >= 15 is 0 Å². The molecule has 0 radical (unpaired) electrons. The van der Waals surface area contributed by atoms with Crippen molar-refractivity contribution in [1.82, 2.24) is 9.89 Å². The molecule has 5 nitrogen and oxygen atoms in total. The van der Waals surface area contributed by atoms with Crippen LogP contribution >= 0.6 is 0 Å². The summed E-state index contributed by atoms with van der Waals surface area (Å²) < 4.78 is 25.5. The Hall–Kier alpha value is -3.38. The van der Waals surface area contributed by atoms with Gasteiger partial charge in [-0.3, -0.25) is 0 Å². The number of hydrogen-bond donors (Lipinski definition) is 1. The smallest absolute Gasteiger partial charge is 0.200 e. The Morgan fingerprint density at radius 3 is 1.81 bits per heavy atom. The third-order valence-electron chi connectivity index (χ3n) is 4.11. The van der Waals surface area contributed by atoms with Crippen molar-refractivity contribution in [1.29, 1.82) is 0 Å². The van der Waals surface area contributed by atoms with Crippen molar-refractivity contribution in [3.63, 3.8) is 0 Å². The fraction of sp³-hybridized carbons (Fsp3) is 0. The van der Waals surface area contributed by atoms with Crippen molar-refractivity contribution >= 4 is 10.0 Å². The topological polar surface area (TPSA) is 64.0 Å². The molecule has 1 N–H and O–H groups in total. The Kier molecular flexibility index (Phi) is 4.48. The number of rotatable bonds is 5. The quantitative estimate of drug-likeness (QED) is 0.570. The molecule has 0 atom stereocenters. The molecule has 1 aromatic heterocycles. The van der Waals surface area contributed by atoms with Crippen LogP contribution in [0.25, 0.3) is 22.5 Å². The molecular formula is C21H17N3O2S. The van der Waals surface area contributed by atoms with Crippen LogP contribution in [0.2, 0.25) is 0 Å². The minimum Gasteiger partial charge on any atom is -0.200 e. The van der Waals surface area contributed by atoms with Gasteiger partial charge >= 0.3 is 0 Å². The highest BCUT2D eigenvalue weighted by atomic mass is 32.2. The van der Waals surface area contributed by atoms with Crippen LogP contribution in [0.15, 0.2) is 102 Å². The number of benzene rings is 3. The van der Waals surface area contributed by atoms with Crippen molar-refractivity contribution in [3.05, 3.63) is 97.1 Å². The van der Waals surface area contributed by atoms with Gasteiger partial charge in [-0.25, -0.2) is 0 Å².